The van der Waals surface area contributed by atoms with Gasteiger partial charge in [-0.3, -0.25) is 9.69 Å². The molecule has 154 valence electrons. The summed E-state index contributed by atoms with van der Waals surface area (Å²) in [5.41, 5.74) is 1.00. The molecule has 1 amide bonds. The fourth-order valence-electron chi connectivity index (χ4n) is 6.19. The van der Waals surface area contributed by atoms with Gasteiger partial charge in [-0.05, 0) is 48.6 Å². The van der Waals surface area contributed by atoms with Gasteiger partial charge in [-0.2, -0.15) is 0 Å². The summed E-state index contributed by atoms with van der Waals surface area (Å²) in [6, 6.07) is 11.2. The molecule has 5 rings (SSSR count). The second-order valence-corrected chi connectivity index (χ2v) is 10.2. The first kappa shape index (κ1) is 19.9. The van der Waals surface area contributed by atoms with Crippen molar-refractivity contribution in [1.29, 1.82) is 0 Å². The zero-order chi connectivity index (χ0) is 19.9. The van der Waals surface area contributed by atoms with Crippen molar-refractivity contribution < 1.29 is 4.79 Å². The van der Waals surface area contributed by atoms with Gasteiger partial charge in [-0.1, -0.05) is 58.0 Å². The highest BCUT2D eigenvalue weighted by atomic mass is 16.2. The van der Waals surface area contributed by atoms with Crippen molar-refractivity contribution in [1.82, 2.24) is 15.5 Å². The normalized spacial score (nSPS) is 34.4. The highest BCUT2D eigenvalue weighted by Gasteiger charge is 2.67. The van der Waals surface area contributed by atoms with Crippen molar-refractivity contribution >= 4 is 5.91 Å². The van der Waals surface area contributed by atoms with Crippen LogP contribution in [-0.4, -0.2) is 48.6 Å². The van der Waals surface area contributed by atoms with E-state index in [2.05, 4.69) is 73.6 Å². The maximum atomic E-state index is 13.6. The van der Waals surface area contributed by atoms with Gasteiger partial charge in [0.1, 0.15) is 5.54 Å². The van der Waals surface area contributed by atoms with E-state index >= 15 is 0 Å². The van der Waals surface area contributed by atoms with Crippen LogP contribution in [0.15, 0.2) is 30.3 Å². The molecule has 4 bridgehead atoms. The Morgan fingerprint density at radius 1 is 1.21 bits per heavy atom. The molecule has 3 saturated heterocycles. The number of hydrogen-bond donors (Lipinski definition) is 2. The van der Waals surface area contributed by atoms with Crippen LogP contribution in [0, 0.1) is 29.6 Å². The average Bonchev–Trinajstić information content (AvgIpc) is 2.91. The lowest BCUT2D eigenvalue weighted by Gasteiger charge is -2.56. The molecule has 4 fully saturated rings. The monoisotopic (exact) mass is 383 g/mol. The van der Waals surface area contributed by atoms with Crippen LogP contribution in [0.25, 0.3) is 0 Å². The van der Waals surface area contributed by atoms with E-state index in [-0.39, 0.29) is 5.91 Å². The van der Waals surface area contributed by atoms with Crippen molar-refractivity contribution in [3.8, 4) is 0 Å². The van der Waals surface area contributed by atoms with Gasteiger partial charge in [0, 0.05) is 31.6 Å². The zero-order valence-corrected chi connectivity index (χ0v) is 17.9. The summed E-state index contributed by atoms with van der Waals surface area (Å²) in [7, 11) is 0. The summed E-state index contributed by atoms with van der Waals surface area (Å²) < 4.78 is 0. The summed E-state index contributed by atoms with van der Waals surface area (Å²) in [6.45, 7) is 12.8. The van der Waals surface area contributed by atoms with Crippen molar-refractivity contribution in [2.75, 3.05) is 26.2 Å². The minimum Gasteiger partial charge on any atom is -0.354 e. The van der Waals surface area contributed by atoms with Crippen molar-refractivity contribution in [3.63, 3.8) is 0 Å². The summed E-state index contributed by atoms with van der Waals surface area (Å²) in [5.74, 6) is 3.00. The molecule has 4 aliphatic rings. The smallest absolute Gasteiger partial charge is 0.242 e. The lowest BCUT2D eigenvalue weighted by atomic mass is 9.58. The molecule has 28 heavy (non-hydrogen) atoms. The second kappa shape index (κ2) is 7.79. The van der Waals surface area contributed by atoms with Crippen molar-refractivity contribution in [2.45, 2.75) is 52.1 Å². The van der Waals surface area contributed by atoms with Gasteiger partial charge in [-0.25, -0.2) is 0 Å². The number of hydrogen-bond acceptors (Lipinski definition) is 3. The Labute approximate surface area is 170 Å². The van der Waals surface area contributed by atoms with Crippen molar-refractivity contribution in [2.24, 2.45) is 29.6 Å². The van der Waals surface area contributed by atoms with Gasteiger partial charge in [-0.15, -0.1) is 0 Å². The van der Waals surface area contributed by atoms with Gasteiger partial charge in [0.15, 0.2) is 0 Å². The molecule has 3 heterocycles. The maximum absolute atomic E-state index is 13.6. The van der Waals surface area contributed by atoms with Crippen LogP contribution < -0.4 is 10.6 Å². The van der Waals surface area contributed by atoms with Gasteiger partial charge in [0.25, 0.3) is 0 Å². The van der Waals surface area contributed by atoms with E-state index in [0.29, 0.717) is 35.6 Å². The van der Waals surface area contributed by atoms with Crippen molar-refractivity contribution in [3.05, 3.63) is 35.9 Å². The first-order valence-corrected chi connectivity index (χ1v) is 11.2. The lowest BCUT2D eigenvalue weighted by Crippen LogP contribution is -2.76. The number of nitrogens with one attached hydrogen (secondary N) is 2. The Morgan fingerprint density at radius 2 is 1.96 bits per heavy atom. The number of amides is 1. The van der Waals surface area contributed by atoms with E-state index < -0.39 is 5.54 Å². The number of piperidine rings is 2. The number of fused-ring (bicyclic) bond motifs is 1. The molecule has 0 spiro atoms. The topological polar surface area (TPSA) is 44.4 Å². The van der Waals surface area contributed by atoms with E-state index in [9.17, 15) is 4.79 Å². The number of rotatable bonds is 7. The molecule has 4 nitrogen and oxygen atoms in total. The van der Waals surface area contributed by atoms with Gasteiger partial charge in [0.05, 0.1) is 0 Å². The number of benzene rings is 1. The van der Waals surface area contributed by atoms with Crippen LogP contribution in [0.3, 0.4) is 0 Å². The fourth-order valence-corrected chi connectivity index (χ4v) is 6.19. The number of nitrogens with zero attached hydrogens (tertiary/aromatic N) is 1. The SMILES string of the molecule is CC(C)CNC(=O)C12NCC3CC1CN(CC(C)C)C2C3Cc1ccccc1. The van der Waals surface area contributed by atoms with E-state index in [1.807, 2.05) is 0 Å². The Hall–Kier alpha value is -1.39. The van der Waals surface area contributed by atoms with Crippen LogP contribution in [0.4, 0.5) is 0 Å². The molecule has 0 radical (unpaired) electrons. The predicted molar refractivity (Wildman–Crippen MR) is 114 cm³/mol. The molecule has 5 atom stereocenters. The summed E-state index contributed by atoms with van der Waals surface area (Å²) in [6.07, 6.45) is 2.27. The Bertz CT molecular complexity index is 688. The molecular weight excluding hydrogens is 346 g/mol. The third-order valence-corrected chi connectivity index (χ3v) is 7.17. The molecule has 0 aromatic heterocycles. The number of likely N-dealkylation sites (tertiary alicyclic amines) is 1. The summed E-state index contributed by atoms with van der Waals surface area (Å²) >= 11 is 0. The Balaban J connectivity index is 1.66. The molecular formula is C24H37N3O. The van der Waals surface area contributed by atoms with Crippen LogP contribution in [-0.2, 0) is 11.2 Å². The van der Waals surface area contributed by atoms with Crippen LogP contribution >= 0.6 is 0 Å². The highest BCUT2D eigenvalue weighted by Crippen LogP contribution is 2.53. The third-order valence-electron chi connectivity index (χ3n) is 7.17. The first-order chi connectivity index (χ1) is 13.4. The standard InChI is InChI=1S/C24H37N3O/c1-16(2)12-25-23(28)24-20-11-19(13-26-24)21(10-18-8-6-5-7-9-18)22(24)27(15-20)14-17(3)4/h5-9,16-17,19-22,26H,10-15H2,1-4H3,(H,25,28). The molecule has 1 saturated carbocycles. The molecule has 3 aliphatic heterocycles. The van der Waals surface area contributed by atoms with Gasteiger partial charge >= 0.3 is 0 Å². The Morgan fingerprint density at radius 3 is 2.64 bits per heavy atom. The number of carbonyl (C=O) groups is 1. The maximum Gasteiger partial charge on any atom is 0.242 e. The number of carbonyl (C=O) groups excluding carboxylic acids is 1. The van der Waals surface area contributed by atoms with E-state index in [1.54, 1.807) is 0 Å². The highest BCUT2D eigenvalue weighted by molar-refractivity contribution is 5.89. The van der Waals surface area contributed by atoms with Gasteiger partial charge < -0.3 is 10.6 Å². The summed E-state index contributed by atoms with van der Waals surface area (Å²) in [5, 5.41) is 7.08. The minimum absolute atomic E-state index is 0.249. The summed E-state index contributed by atoms with van der Waals surface area (Å²) in [4.78, 5) is 16.2. The van der Waals surface area contributed by atoms with Crippen LogP contribution in [0.5, 0.6) is 0 Å². The van der Waals surface area contributed by atoms with Crippen LogP contribution in [0.2, 0.25) is 0 Å². The van der Waals surface area contributed by atoms with Crippen LogP contribution in [0.1, 0.15) is 39.7 Å². The molecule has 4 heteroatoms. The quantitative estimate of drug-likeness (QED) is 0.761. The second-order valence-electron chi connectivity index (χ2n) is 10.2. The third kappa shape index (κ3) is 3.39. The van der Waals surface area contributed by atoms with E-state index in [0.717, 1.165) is 32.6 Å². The average molecular weight is 384 g/mol. The molecule has 5 unspecified atom stereocenters. The fraction of sp³-hybridized carbons (Fsp3) is 0.708. The minimum atomic E-state index is -0.405. The predicted octanol–water partition coefficient (Wildman–Crippen LogP) is 2.94. The largest absolute Gasteiger partial charge is 0.354 e. The molecule has 1 aromatic carbocycles. The van der Waals surface area contributed by atoms with E-state index in [4.69, 9.17) is 0 Å². The molecule has 1 aliphatic carbocycles. The van der Waals surface area contributed by atoms with Gasteiger partial charge in [0.2, 0.25) is 5.91 Å². The lowest BCUT2D eigenvalue weighted by molar-refractivity contribution is -0.138. The molecule has 2 N–H and O–H groups in total. The zero-order valence-electron chi connectivity index (χ0n) is 17.9. The first-order valence-electron chi connectivity index (χ1n) is 11.2. The molecule has 1 aromatic rings. The van der Waals surface area contributed by atoms with E-state index in [1.165, 1.54) is 12.0 Å². The Kier molecular flexibility index (Phi) is 5.54.